The lowest BCUT2D eigenvalue weighted by atomic mass is 10.2. The number of urea groups is 1. The lowest BCUT2D eigenvalue weighted by Crippen LogP contribution is -2.46. The molecule has 0 spiro atoms. The molecule has 0 radical (unpaired) electrons. The highest BCUT2D eigenvalue weighted by Gasteiger charge is 2.18. The minimum absolute atomic E-state index is 0.339. The first-order chi connectivity index (χ1) is 16.6. The Kier molecular flexibility index (Phi) is 7.83. The van der Waals surface area contributed by atoms with Crippen molar-refractivity contribution in [1.29, 1.82) is 0 Å². The Morgan fingerprint density at radius 3 is 2.41 bits per heavy atom. The molecule has 1 aromatic heterocycles. The number of para-hydroxylation sites is 2. The molecule has 2 heterocycles. The minimum atomic E-state index is -0.339. The quantitative estimate of drug-likeness (QED) is 0.516. The van der Waals surface area contributed by atoms with E-state index in [4.69, 9.17) is 9.47 Å². The number of benzene rings is 2. The number of hydrogen-bond donors (Lipinski definition) is 2. The van der Waals surface area contributed by atoms with Gasteiger partial charge in [0.2, 0.25) is 0 Å². The summed E-state index contributed by atoms with van der Waals surface area (Å²) in [4.78, 5) is 21.7. The van der Waals surface area contributed by atoms with Crippen LogP contribution in [0.2, 0.25) is 0 Å². The van der Waals surface area contributed by atoms with Crippen molar-refractivity contribution in [2.45, 2.75) is 13.5 Å². The van der Waals surface area contributed by atoms with E-state index in [-0.39, 0.29) is 6.03 Å². The molecule has 2 amide bonds. The number of ether oxygens (including phenoxy) is 2. The molecule has 2 aromatic carbocycles. The minimum Gasteiger partial charge on any atom is -0.497 e. The first-order valence-corrected chi connectivity index (χ1v) is 11.5. The van der Waals surface area contributed by atoms with Crippen molar-refractivity contribution in [3.8, 4) is 11.5 Å². The molecule has 8 nitrogen and oxygen atoms in total. The Bertz CT molecular complexity index is 1060. The number of carbonyl (C=O) groups excluding carboxylic acids is 1. The Morgan fingerprint density at radius 2 is 1.74 bits per heavy atom. The van der Waals surface area contributed by atoms with E-state index in [1.54, 1.807) is 19.4 Å². The van der Waals surface area contributed by atoms with Crippen molar-refractivity contribution in [2.24, 2.45) is 0 Å². The van der Waals surface area contributed by atoms with Gasteiger partial charge >= 0.3 is 6.03 Å². The topological polar surface area (TPSA) is 79.0 Å². The molecule has 1 fully saturated rings. The third kappa shape index (κ3) is 6.17. The molecule has 4 rings (SSSR count). The van der Waals surface area contributed by atoms with E-state index in [1.165, 1.54) is 5.56 Å². The van der Waals surface area contributed by atoms with Crippen molar-refractivity contribution in [3.63, 3.8) is 0 Å². The van der Waals surface area contributed by atoms with Crippen LogP contribution < -0.4 is 25.0 Å². The van der Waals surface area contributed by atoms with E-state index in [0.717, 1.165) is 44.3 Å². The monoisotopic (exact) mass is 461 g/mol. The van der Waals surface area contributed by atoms with E-state index in [1.807, 2.05) is 49.4 Å². The Hall–Kier alpha value is -3.78. The van der Waals surface area contributed by atoms with Crippen LogP contribution in [0.5, 0.6) is 11.5 Å². The molecule has 0 atom stereocenters. The summed E-state index contributed by atoms with van der Waals surface area (Å²) in [6.07, 6.45) is 1.69. The van der Waals surface area contributed by atoms with Crippen molar-refractivity contribution in [3.05, 3.63) is 72.4 Å². The summed E-state index contributed by atoms with van der Waals surface area (Å²) < 4.78 is 10.8. The zero-order valence-electron chi connectivity index (χ0n) is 19.7. The molecule has 0 unspecified atom stereocenters. The zero-order chi connectivity index (χ0) is 23.8. The highest BCUT2D eigenvalue weighted by atomic mass is 16.5. The van der Waals surface area contributed by atoms with Crippen LogP contribution in [-0.2, 0) is 6.54 Å². The Labute approximate surface area is 200 Å². The largest absolute Gasteiger partial charge is 0.497 e. The number of methoxy groups -OCH3 is 1. The van der Waals surface area contributed by atoms with Crippen LogP contribution in [0, 0.1) is 0 Å². The molecule has 1 aliphatic heterocycles. The second-order valence-corrected chi connectivity index (χ2v) is 8.02. The van der Waals surface area contributed by atoms with Crippen LogP contribution in [0.1, 0.15) is 12.5 Å². The van der Waals surface area contributed by atoms with Crippen LogP contribution in [0.4, 0.5) is 22.0 Å². The van der Waals surface area contributed by atoms with Crippen LogP contribution in [0.25, 0.3) is 0 Å². The molecular formula is C26H31N5O3. The van der Waals surface area contributed by atoms with Crippen molar-refractivity contribution in [2.75, 3.05) is 55.4 Å². The summed E-state index contributed by atoms with van der Waals surface area (Å²) in [7, 11) is 1.68. The summed E-state index contributed by atoms with van der Waals surface area (Å²) in [6.45, 7) is 7.11. The van der Waals surface area contributed by atoms with E-state index in [9.17, 15) is 4.79 Å². The van der Waals surface area contributed by atoms with E-state index < -0.39 is 0 Å². The van der Waals surface area contributed by atoms with Gasteiger partial charge in [-0.25, -0.2) is 9.78 Å². The van der Waals surface area contributed by atoms with E-state index in [0.29, 0.717) is 23.7 Å². The van der Waals surface area contributed by atoms with Gasteiger partial charge in [0.15, 0.2) is 0 Å². The number of amides is 2. The number of hydrogen-bond acceptors (Lipinski definition) is 6. The fourth-order valence-electron chi connectivity index (χ4n) is 3.91. The molecule has 8 heteroatoms. The SMILES string of the molecule is CCOc1ccccc1NC(=O)Nc1ccc(N2CCN(Cc3ccc(OC)cc3)CC2)nc1. The molecule has 178 valence electrons. The fraction of sp³-hybridized carbons (Fsp3) is 0.308. The smallest absolute Gasteiger partial charge is 0.323 e. The predicted octanol–water partition coefficient (Wildman–Crippen LogP) is 4.46. The van der Waals surface area contributed by atoms with Crippen molar-refractivity contribution < 1.29 is 14.3 Å². The number of carbonyl (C=O) groups is 1. The third-order valence-corrected chi connectivity index (χ3v) is 5.70. The second-order valence-electron chi connectivity index (χ2n) is 8.02. The van der Waals surface area contributed by atoms with Crippen molar-refractivity contribution in [1.82, 2.24) is 9.88 Å². The summed E-state index contributed by atoms with van der Waals surface area (Å²) in [6, 6.07) is 19.1. The van der Waals surface area contributed by atoms with Crippen molar-refractivity contribution >= 4 is 23.2 Å². The van der Waals surface area contributed by atoms with Gasteiger partial charge in [-0.3, -0.25) is 4.90 Å². The molecule has 0 aliphatic carbocycles. The third-order valence-electron chi connectivity index (χ3n) is 5.70. The van der Waals surface area contributed by atoms with Gasteiger partial charge in [-0.05, 0) is 48.9 Å². The number of rotatable bonds is 8. The number of aromatic nitrogens is 1. The Balaban J connectivity index is 1.26. The van der Waals surface area contributed by atoms with Gasteiger partial charge in [0.05, 0.1) is 31.3 Å². The number of nitrogens with zero attached hydrogens (tertiary/aromatic N) is 3. The highest BCUT2D eigenvalue weighted by Crippen LogP contribution is 2.24. The fourth-order valence-corrected chi connectivity index (χ4v) is 3.91. The van der Waals surface area contributed by atoms with Crippen LogP contribution in [-0.4, -0.2) is 55.8 Å². The number of piperazine rings is 1. The van der Waals surface area contributed by atoms with Gasteiger partial charge in [0, 0.05) is 32.7 Å². The molecule has 2 N–H and O–H groups in total. The maximum absolute atomic E-state index is 12.4. The van der Waals surface area contributed by atoms with E-state index >= 15 is 0 Å². The number of nitrogens with one attached hydrogen (secondary N) is 2. The van der Waals surface area contributed by atoms with Gasteiger partial charge in [0.1, 0.15) is 17.3 Å². The van der Waals surface area contributed by atoms with Crippen LogP contribution in [0.3, 0.4) is 0 Å². The first kappa shape index (κ1) is 23.4. The maximum atomic E-state index is 12.4. The van der Waals surface area contributed by atoms with Gasteiger partial charge in [-0.1, -0.05) is 24.3 Å². The van der Waals surface area contributed by atoms with Crippen LogP contribution in [0.15, 0.2) is 66.9 Å². The van der Waals surface area contributed by atoms with Gasteiger partial charge in [-0.15, -0.1) is 0 Å². The summed E-state index contributed by atoms with van der Waals surface area (Å²) in [5.74, 6) is 2.43. The maximum Gasteiger partial charge on any atom is 0.323 e. The first-order valence-electron chi connectivity index (χ1n) is 11.5. The summed E-state index contributed by atoms with van der Waals surface area (Å²) >= 11 is 0. The average Bonchev–Trinajstić information content (AvgIpc) is 2.87. The average molecular weight is 462 g/mol. The molecule has 0 bridgehead atoms. The molecular weight excluding hydrogens is 430 g/mol. The number of anilines is 3. The lowest BCUT2D eigenvalue weighted by Gasteiger charge is -2.35. The molecule has 34 heavy (non-hydrogen) atoms. The Morgan fingerprint density at radius 1 is 0.971 bits per heavy atom. The zero-order valence-corrected chi connectivity index (χ0v) is 19.7. The standard InChI is InChI=1S/C26H31N5O3/c1-3-34-24-7-5-4-6-23(24)29-26(32)28-21-10-13-25(27-18-21)31-16-14-30(15-17-31)19-20-8-11-22(33-2)12-9-20/h4-13,18H,3,14-17,19H2,1-2H3,(H2,28,29,32). The van der Waals surface area contributed by atoms with E-state index in [2.05, 4.69) is 37.6 Å². The lowest BCUT2D eigenvalue weighted by molar-refractivity contribution is 0.249. The molecule has 1 aliphatic rings. The normalized spacial score (nSPS) is 13.9. The van der Waals surface area contributed by atoms with Crippen LogP contribution >= 0.6 is 0 Å². The molecule has 1 saturated heterocycles. The summed E-state index contributed by atoms with van der Waals surface area (Å²) in [5, 5.41) is 5.66. The highest BCUT2D eigenvalue weighted by molar-refractivity contribution is 6.00. The molecule has 3 aromatic rings. The second kappa shape index (κ2) is 11.4. The van der Waals surface area contributed by atoms with Gasteiger partial charge in [-0.2, -0.15) is 0 Å². The predicted molar refractivity (Wildman–Crippen MR) is 135 cm³/mol. The number of pyridine rings is 1. The molecule has 0 saturated carbocycles. The van der Waals surface area contributed by atoms with Gasteiger partial charge in [0.25, 0.3) is 0 Å². The van der Waals surface area contributed by atoms with Gasteiger partial charge < -0.3 is 25.0 Å². The summed E-state index contributed by atoms with van der Waals surface area (Å²) in [5.41, 5.74) is 2.54.